The molecule has 88 valence electrons. The molecule has 0 saturated heterocycles. The first-order valence-electron chi connectivity index (χ1n) is 5.77. The molecule has 16 heavy (non-hydrogen) atoms. The molecule has 1 aliphatic rings. The third-order valence-electron chi connectivity index (χ3n) is 3.14. The third kappa shape index (κ3) is 2.41. The predicted molar refractivity (Wildman–Crippen MR) is 69.9 cm³/mol. The number of rotatable bonds is 3. The van der Waals surface area contributed by atoms with Gasteiger partial charge in [-0.1, -0.05) is 29.8 Å². The number of nitrogens with two attached hydrogens (primary N) is 1. The van der Waals surface area contributed by atoms with E-state index in [1.165, 1.54) is 11.1 Å². The molecule has 1 aromatic carbocycles. The van der Waals surface area contributed by atoms with Crippen molar-refractivity contribution in [2.45, 2.75) is 32.7 Å². The second-order valence-corrected chi connectivity index (χ2v) is 5.68. The van der Waals surface area contributed by atoms with Crippen LogP contribution in [-0.2, 0) is 12.8 Å². The van der Waals surface area contributed by atoms with Crippen LogP contribution in [0.3, 0.4) is 0 Å². The second-order valence-electron chi connectivity index (χ2n) is 4.76. The van der Waals surface area contributed by atoms with Gasteiger partial charge in [0.15, 0.2) is 0 Å². The van der Waals surface area contributed by atoms with Crippen molar-refractivity contribution in [1.82, 2.24) is 0 Å². The number of halogens is 1. The summed E-state index contributed by atoms with van der Waals surface area (Å²) in [6.07, 6.45) is 1.90. The van der Waals surface area contributed by atoms with Crippen molar-refractivity contribution >= 4 is 15.9 Å². The average molecular weight is 284 g/mol. The summed E-state index contributed by atoms with van der Waals surface area (Å²) in [5.74, 6) is 1.57. The molecule has 0 spiro atoms. The molecule has 0 saturated carbocycles. The van der Waals surface area contributed by atoms with E-state index in [4.69, 9.17) is 10.5 Å². The summed E-state index contributed by atoms with van der Waals surface area (Å²) in [5, 5.41) is 0. The molecule has 1 aromatic rings. The molecule has 0 aliphatic carbocycles. The van der Waals surface area contributed by atoms with E-state index < -0.39 is 0 Å². The zero-order chi connectivity index (χ0) is 11.7. The molecule has 0 aromatic heterocycles. The molecule has 0 bridgehead atoms. The van der Waals surface area contributed by atoms with Gasteiger partial charge in [-0.3, -0.25) is 0 Å². The fraction of sp³-hybridized carbons (Fsp3) is 0.538. The number of benzene rings is 1. The average Bonchev–Trinajstić information content (AvgIpc) is 2.65. The van der Waals surface area contributed by atoms with E-state index >= 15 is 0 Å². The Hall–Kier alpha value is -0.540. The van der Waals surface area contributed by atoms with Gasteiger partial charge in [-0.25, -0.2) is 0 Å². The van der Waals surface area contributed by atoms with E-state index in [2.05, 4.69) is 41.9 Å². The Bertz CT molecular complexity index is 390. The Morgan fingerprint density at radius 3 is 2.88 bits per heavy atom. The molecule has 2 rings (SSSR count). The molecule has 3 heteroatoms. The van der Waals surface area contributed by atoms with Crippen molar-refractivity contribution in [1.29, 1.82) is 0 Å². The van der Waals surface area contributed by atoms with Crippen LogP contribution < -0.4 is 10.5 Å². The Balaban J connectivity index is 2.27. The van der Waals surface area contributed by atoms with Crippen LogP contribution in [0, 0.1) is 5.92 Å². The molecule has 1 atom stereocenters. The van der Waals surface area contributed by atoms with Gasteiger partial charge >= 0.3 is 0 Å². The predicted octanol–water partition coefficient (Wildman–Crippen LogP) is 2.91. The smallest absolute Gasteiger partial charge is 0.125 e. The van der Waals surface area contributed by atoms with E-state index in [1.807, 2.05) is 0 Å². The van der Waals surface area contributed by atoms with Crippen LogP contribution >= 0.6 is 15.9 Å². The summed E-state index contributed by atoms with van der Waals surface area (Å²) >= 11 is 3.55. The lowest BCUT2D eigenvalue weighted by molar-refractivity contribution is 0.351. The SMILES string of the molecule is CC(C)C(N)Cc1cc(Br)cc2c1OCC2. The van der Waals surface area contributed by atoms with Gasteiger partial charge in [0.05, 0.1) is 6.61 Å². The summed E-state index contributed by atoms with van der Waals surface area (Å²) in [5.41, 5.74) is 8.67. The van der Waals surface area contributed by atoms with Crippen molar-refractivity contribution in [3.05, 3.63) is 27.7 Å². The van der Waals surface area contributed by atoms with Crippen molar-refractivity contribution in [2.75, 3.05) is 6.61 Å². The van der Waals surface area contributed by atoms with Gasteiger partial charge in [0.2, 0.25) is 0 Å². The first-order chi connectivity index (χ1) is 7.58. The summed E-state index contributed by atoms with van der Waals surface area (Å²) in [6.45, 7) is 5.11. The van der Waals surface area contributed by atoms with E-state index in [9.17, 15) is 0 Å². The van der Waals surface area contributed by atoms with E-state index in [1.54, 1.807) is 0 Å². The summed E-state index contributed by atoms with van der Waals surface area (Å²) in [7, 11) is 0. The normalized spacial score (nSPS) is 16.1. The van der Waals surface area contributed by atoms with Crippen LogP contribution in [0.1, 0.15) is 25.0 Å². The van der Waals surface area contributed by atoms with Gasteiger partial charge < -0.3 is 10.5 Å². The molecule has 2 nitrogen and oxygen atoms in total. The van der Waals surface area contributed by atoms with Crippen LogP contribution in [0.25, 0.3) is 0 Å². The van der Waals surface area contributed by atoms with Crippen molar-refractivity contribution in [3.63, 3.8) is 0 Å². The minimum absolute atomic E-state index is 0.197. The highest BCUT2D eigenvalue weighted by Crippen LogP contribution is 2.33. The zero-order valence-electron chi connectivity index (χ0n) is 9.79. The maximum absolute atomic E-state index is 6.12. The van der Waals surface area contributed by atoms with Crippen molar-refractivity contribution in [2.24, 2.45) is 11.7 Å². The molecule has 2 N–H and O–H groups in total. The Kier molecular flexibility index (Phi) is 3.55. The van der Waals surface area contributed by atoms with Crippen LogP contribution in [0.4, 0.5) is 0 Å². The molecule has 0 radical (unpaired) electrons. The molecular formula is C13H18BrNO. The van der Waals surface area contributed by atoms with Crippen molar-refractivity contribution < 1.29 is 4.74 Å². The highest BCUT2D eigenvalue weighted by Gasteiger charge is 2.19. The fourth-order valence-electron chi connectivity index (χ4n) is 1.99. The zero-order valence-corrected chi connectivity index (χ0v) is 11.4. The monoisotopic (exact) mass is 283 g/mol. The largest absolute Gasteiger partial charge is 0.493 e. The number of ether oxygens (including phenoxy) is 1. The van der Waals surface area contributed by atoms with Gasteiger partial charge in [0, 0.05) is 16.9 Å². The summed E-state index contributed by atoms with van der Waals surface area (Å²) < 4.78 is 6.82. The first-order valence-corrected chi connectivity index (χ1v) is 6.57. The van der Waals surface area contributed by atoms with Crippen LogP contribution in [0.15, 0.2) is 16.6 Å². The van der Waals surface area contributed by atoms with E-state index in [0.29, 0.717) is 5.92 Å². The van der Waals surface area contributed by atoms with Crippen LogP contribution in [0.2, 0.25) is 0 Å². The van der Waals surface area contributed by atoms with Crippen LogP contribution in [-0.4, -0.2) is 12.6 Å². The van der Waals surface area contributed by atoms with Gasteiger partial charge in [-0.2, -0.15) is 0 Å². The highest BCUT2D eigenvalue weighted by atomic mass is 79.9. The molecule has 0 fully saturated rings. The Labute approximate surface area is 105 Å². The molecule has 1 unspecified atom stereocenters. The van der Waals surface area contributed by atoms with Gasteiger partial charge in [-0.05, 0) is 35.6 Å². The fourth-order valence-corrected chi connectivity index (χ4v) is 2.54. The lowest BCUT2D eigenvalue weighted by Crippen LogP contribution is -2.28. The van der Waals surface area contributed by atoms with Gasteiger partial charge in [-0.15, -0.1) is 0 Å². The summed E-state index contributed by atoms with van der Waals surface area (Å²) in [6, 6.07) is 4.47. The number of hydrogen-bond donors (Lipinski definition) is 1. The number of fused-ring (bicyclic) bond motifs is 1. The minimum atomic E-state index is 0.197. The summed E-state index contributed by atoms with van der Waals surface area (Å²) in [4.78, 5) is 0. The quantitative estimate of drug-likeness (QED) is 0.926. The second kappa shape index (κ2) is 4.76. The lowest BCUT2D eigenvalue weighted by Gasteiger charge is -2.17. The maximum Gasteiger partial charge on any atom is 0.125 e. The molecule has 0 amide bonds. The Morgan fingerprint density at radius 1 is 1.44 bits per heavy atom. The van der Waals surface area contributed by atoms with Gasteiger partial charge in [0.1, 0.15) is 5.75 Å². The standard InChI is InChI=1S/C13H18BrNO/c1-8(2)12(15)7-10-6-11(14)5-9-3-4-16-13(9)10/h5-6,8,12H,3-4,7,15H2,1-2H3. The maximum atomic E-state index is 6.12. The van der Waals surface area contributed by atoms with E-state index in [0.717, 1.165) is 29.7 Å². The van der Waals surface area contributed by atoms with Gasteiger partial charge in [0.25, 0.3) is 0 Å². The number of hydrogen-bond acceptors (Lipinski definition) is 2. The highest BCUT2D eigenvalue weighted by molar-refractivity contribution is 9.10. The molecule has 1 aliphatic heterocycles. The van der Waals surface area contributed by atoms with Crippen molar-refractivity contribution in [3.8, 4) is 5.75 Å². The van der Waals surface area contributed by atoms with Crippen LogP contribution in [0.5, 0.6) is 5.75 Å². The molecular weight excluding hydrogens is 266 g/mol. The minimum Gasteiger partial charge on any atom is -0.493 e. The topological polar surface area (TPSA) is 35.2 Å². The van der Waals surface area contributed by atoms with E-state index in [-0.39, 0.29) is 6.04 Å². The molecule has 1 heterocycles. The Morgan fingerprint density at radius 2 is 2.19 bits per heavy atom. The first kappa shape index (κ1) is 11.9. The third-order valence-corrected chi connectivity index (χ3v) is 3.60. The lowest BCUT2D eigenvalue weighted by atomic mass is 9.95.